The van der Waals surface area contributed by atoms with Crippen molar-refractivity contribution < 1.29 is 14.3 Å². The Bertz CT molecular complexity index is 842. The fourth-order valence-corrected chi connectivity index (χ4v) is 3.19. The van der Waals surface area contributed by atoms with E-state index in [0.29, 0.717) is 11.3 Å². The van der Waals surface area contributed by atoms with Crippen molar-refractivity contribution in [1.29, 1.82) is 0 Å². The molecule has 0 aliphatic rings. The summed E-state index contributed by atoms with van der Waals surface area (Å²) in [6.07, 6.45) is 0.273. The van der Waals surface area contributed by atoms with Gasteiger partial charge < -0.3 is 15.0 Å². The van der Waals surface area contributed by atoms with Crippen molar-refractivity contribution in [2.24, 2.45) is 0 Å². The zero-order valence-corrected chi connectivity index (χ0v) is 17.5. The number of carbonyl (C=O) groups is 2. The van der Waals surface area contributed by atoms with Gasteiger partial charge in [0, 0.05) is 37.3 Å². The number of ether oxygens (including phenoxy) is 1. The zero-order chi connectivity index (χ0) is 20.7. The molecule has 0 aliphatic heterocycles. The molecule has 0 fully saturated rings. The summed E-state index contributed by atoms with van der Waals surface area (Å²) >= 11 is 0. The highest BCUT2D eigenvalue weighted by molar-refractivity contribution is 6.02. The number of benzene rings is 2. The number of nitrogens with zero attached hydrogens (tertiary/aromatic N) is 1. The van der Waals surface area contributed by atoms with Gasteiger partial charge in [-0.05, 0) is 63.6 Å². The van der Waals surface area contributed by atoms with Crippen molar-refractivity contribution in [3.63, 3.8) is 0 Å². The normalized spacial score (nSPS) is 10.5. The van der Waals surface area contributed by atoms with Crippen molar-refractivity contribution in [3.8, 4) is 5.75 Å². The Morgan fingerprint density at radius 1 is 1.00 bits per heavy atom. The SMILES string of the molecule is CCN(CC)c1ccc(NC(=O)CCC(=O)c2cc(C)ccc2OC)c(C)c1. The van der Waals surface area contributed by atoms with Crippen LogP contribution in [0.15, 0.2) is 36.4 Å². The topological polar surface area (TPSA) is 58.6 Å². The first-order chi connectivity index (χ1) is 13.4. The van der Waals surface area contributed by atoms with Crippen molar-refractivity contribution in [2.45, 2.75) is 40.5 Å². The van der Waals surface area contributed by atoms with Crippen LogP contribution < -0.4 is 15.0 Å². The molecule has 0 saturated carbocycles. The molecule has 28 heavy (non-hydrogen) atoms. The highest BCUT2D eigenvalue weighted by atomic mass is 16.5. The summed E-state index contributed by atoms with van der Waals surface area (Å²) in [5, 5.41) is 2.92. The van der Waals surface area contributed by atoms with E-state index in [4.69, 9.17) is 4.74 Å². The summed E-state index contributed by atoms with van der Waals surface area (Å²) in [6, 6.07) is 11.5. The van der Waals surface area contributed by atoms with Crippen LogP contribution >= 0.6 is 0 Å². The second kappa shape index (κ2) is 9.93. The van der Waals surface area contributed by atoms with Gasteiger partial charge in [-0.1, -0.05) is 11.6 Å². The minimum absolute atomic E-state index is 0.0932. The van der Waals surface area contributed by atoms with Gasteiger partial charge in [-0.15, -0.1) is 0 Å². The molecule has 0 aromatic heterocycles. The highest BCUT2D eigenvalue weighted by Gasteiger charge is 2.15. The number of hydrogen-bond donors (Lipinski definition) is 1. The Kier molecular flexibility index (Phi) is 7.61. The second-order valence-corrected chi connectivity index (χ2v) is 6.85. The lowest BCUT2D eigenvalue weighted by Gasteiger charge is -2.22. The van der Waals surface area contributed by atoms with E-state index in [0.717, 1.165) is 35.6 Å². The number of carbonyl (C=O) groups excluding carboxylic acids is 2. The molecule has 150 valence electrons. The van der Waals surface area contributed by atoms with Crippen LogP contribution in [0.4, 0.5) is 11.4 Å². The maximum atomic E-state index is 12.5. The second-order valence-electron chi connectivity index (χ2n) is 6.85. The van der Waals surface area contributed by atoms with E-state index in [1.165, 1.54) is 0 Å². The number of Topliss-reactive ketones (excluding diaryl/α,β-unsaturated/α-hetero) is 1. The molecule has 2 rings (SSSR count). The Balaban J connectivity index is 1.99. The monoisotopic (exact) mass is 382 g/mol. The molecule has 0 bridgehead atoms. The van der Waals surface area contributed by atoms with Gasteiger partial charge in [0.2, 0.25) is 5.91 Å². The maximum absolute atomic E-state index is 12.5. The molecule has 0 radical (unpaired) electrons. The van der Waals surface area contributed by atoms with Crippen molar-refractivity contribution in [1.82, 2.24) is 0 Å². The van der Waals surface area contributed by atoms with Gasteiger partial charge in [-0.3, -0.25) is 9.59 Å². The molecule has 1 amide bonds. The smallest absolute Gasteiger partial charge is 0.224 e. The molecule has 0 unspecified atom stereocenters. The van der Waals surface area contributed by atoms with E-state index in [1.54, 1.807) is 19.2 Å². The standard InChI is InChI=1S/C23H30N2O3/c1-6-25(7-2)18-9-10-20(17(4)15-18)24-23(27)13-11-21(26)19-14-16(3)8-12-22(19)28-5/h8-10,12,14-15H,6-7,11,13H2,1-5H3,(H,24,27). The van der Waals surface area contributed by atoms with E-state index in [2.05, 4.69) is 30.1 Å². The first kappa shape index (κ1) is 21.5. The molecular weight excluding hydrogens is 352 g/mol. The summed E-state index contributed by atoms with van der Waals surface area (Å²) < 4.78 is 5.26. The van der Waals surface area contributed by atoms with Crippen molar-refractivity contribution in [3.05, 3.63) is 53.1 Å². The zero-order valence-electron chi connectivity index (χ0n) is 17.5. The molecular formula is C23H30N2O3. The Hall–Kier alpha value is -2.82. The van der Waals surface area contributed by atoms with Crippen LogP contribution in [-0.2, 0) is 4.79 Å². The third-order valence-corrected chi connectivity index (χ3v) is 4.85. The molecule has 0 atom stereocenters. The predicted octanol–water partition coefficient (Wildman–Crippen LogP) is 4.76. The summed E-state index contributed by atoms with van der Waals surface area (Å²) in [5.74, 6) is 0.279. The van der Waals surface area contributed by atoms with Crippen molar-refractivity contribution in [2.75, 3.05) is 30.4 Å². The van der Waals surface area contributed by atoms with E-state index < -0.39 is 0 Å². The molecule has 0 spiro atoms. The Morgan fingerprint density at radius 2 is 1.71 bits per heavy atom. The fraction of sp³-hybridized carbons (Fsp3) is 0.391. The lowest BCUT2D eigenvalue weighted by atomic mass is 10.0. The quantitative estimate of drug-likeness (QED) is 0.635. The van der Waals surface area contributed by atoms with Crippen LogP contribution in [0.1, 0.15) is 48.2 Å². The van der Waals surface area contributed by atoms with Crippen LogP contribution in [0.25, 0.3) is 0 Å². The lowest BCUT2D eigenvalue weighted by Crippen LogP contribution is -2.22. The van der Waals surface area contributed by atoms with Crippen LogP contribution in [0.5, 0.6) is 5.75 Å². The molecule has 0 saturated heterocycles. The molecule has 2 aromatic rings. The first-order valence-electron chi connectivity index (χ1n) is 9.72. The van der Waals surface area contributed by atoms with Crippen LogP contribution in [0.3, 0.4) is 0 Å². The average molecular weight is 383 g/mol. The average Bonchev–Trinajstić information content (AvgIpc) is 2.69. The summed E-state index contributed by atoms with van der Waals surface area (Å²) in [4.78, 5) is 27.1. The summed E-state index contributed by atoms with van der Waals surface area (Å²) in [6.45, 7) is 10.0. The molecule has 0 aliphatic carbocycles. The molecule has 1 N–H and O–H groups in total. The number of hydrogen-bond acceptors (Lipinski definition) is 4. The Labute approximate surface area is 167 Å². The van der Waals surface area contributed by atoms with Crippen LogP contribution in [0.2, 0.25) is 0 Å². The molecule has 2 aromatic carbocycles. The number of amides is 1. The van der Waals surface area contributed by atoms with Gasteiger partial charge in [-0.25, -0.2) is 0 Å². The third-order valence-electron chi connectivity index (χ3n) is 4.85. The van der Waals surface area contributed by atoms with Gasteiger partial charge in [0.15, 0.2) is 5.78 Å². The van der Waals surface area contributed by atoms with Gasteiger partial charge in [0.25, 0.3) is 0 Å². The largest absolute Gasteiger partial charge is 0.496 e. The van der Waals surface area contributed by atoms with E-state index >= 15 is 0 Å². The van der Waals surface area contributed by atoms with Gasteiger partial charge in [-0.2, -0.15) is 0 Å². The summed E-state index contributed by atoms with van der Waals surface area (Å²) in [7, 11) is 1.54. The van der Waals surface area contributed by atoms with E-state index in [-0.39, 0.29) is 24.5 Å². The van der Waals surface area contributed by atoms with Crippen molar-refractivity contribution >= 4 is 23.1 Å². The van der Waals surface area contributed by atoms with Gasteiger partial charge in [0.1, 0.15) is 5.75 Å². The minimum Gasteiger partial charge on any atom is -0.496 e. The number of nitrogens with one attached hydrogen (secondary N) is 1. The first-order valence-corrected chi connectivity index (χ1v) is 9.72. The molecule has 0 heterocycles. The Morgan fingerprint density at radius 3 is 2.32 bits per heavy atom. The van der Waals surface area contributed by atoms with Crippen LogP contribution in [-0.4, -0.2) is 31.9 Å². The molecule has 5 nitrogen and oxygen atoms in total. The number of methoxy groups -OCH3 is 1. The lowest BCUT2D eigenvalue weighted by molar-refractivity contribution is -0.116. The van der Waals surface area contributed by atoms with Gasteiger partial charge in [0.05, 0.1) is 12.7 Å². The van der Waals surface area contributed by atoms with Crippen LogP contribution in [0, 0.1) is 13.8 Å². The van der Waals surface area contributed by atoms with E-state index in [9.17, 15) is 9.59 Å². The highest BCUT2D eigenvalue weighted by Crippen LogP contribution is 2.24. The number of anilines is 2. The minimum atomic E-state index is -0.168. The fourth-order valence-electron chi connectivity index (χ4n) is 3.19. The number of ketones is 1. The predicted molar refractivity (Wildman–Crippen MR) is 115 cm³/mol. The maximum Gasteiger partial charge on any atom is 0.224 e. The number of aryl methyl sites for hydroxylation is 2. The van der Waals surface area contributed by atoms with Gasteiger partial charge >= 0.3 is 0 Å². The molecule has 5 heteroatoms. The third kappa shape index (κ3) is 5.35. The summed E-state index contributed by atoms with van der Waals surface area (Å²) in [5.41, 5.74) is 4.43. The number of rotatable bonds is 9. The van der Waals surface area contributed by atoms with E-state index in [1.807, 2.05) is 32.0 Å².